The Morgan fingerprint density at radius 1 is 0.974 bits per heavy atom. The van der Waals surface area contributed by atoms with E-state index in [0.29, 0.717) is 23.9 Å². The van der Waals surface area contributed by atoms with Gasteiger partial charge in [-0.3, -0.25) is 4.79 Å². The predicted octanol–water partition coefficient (Wildman–Crippen LogP) is 5.47. The Bertz CT molecular complexity index is 1550. The summed E-state index contributed by atoms with van der Waals surface area (Å²) >= 11 is 0. The molecule has 198 valence electrons. The van der Waals surface area contributed by atoms with Crippen molar-refractivity contribution in [1.82, 2.24) is 20.3 Å². The summed E-state index contributed by atoms with van der Waals surface area (Å²) in [6.45, 7) is 4.00. The lowest BCUT2D eigenvalue weighted by atomic mass is 9.89. The quantitative estimate of drug-likeness (QED) is 0.326. The van der Waals surface area contributed by atoms with Crippen molar-refractivity contribution in [3.63, 3.8) is 0 Å². The molecule has 1 aliphatic carbocycles. The molecule has 1 saturated carbocycles. The van der Waals surface area contributed by atoms with Gasteiger partial charge >= 0.3 is 0 Å². The number of anilines is 2. The Labute approximate surface area is 227 Å². The molecule has 2 N–H and O–H groups in total. The number of aryl methyl sites for hydroxylation is 1. The number of β-lactam (4-membered cyclic amide) rings is 1. The molecule has 39 heavy (non-hydrogen) atoms. The number of benzene rings is 2. The van der Waals surface area contributed by atoms with E-state index >= 15 is 0 Å². The minimum absolute atomic E-state index is 0.194. The highest BCUT2D eigenvalue weighted by Gasteiger charge is 2.50. The number of hydrogen-bond donors (Lipinski definition) is 2. The second-order valence-corrected chi connectivity index (χ2v) is 10.8. The zero-order valence-electron chi connectivity index (χ0n) is 22.1. The van der Waals surface area contributed by atoms with Gasteiger partial charge in [-0.05, 0) is 69.0 Å². The molecule has 3 fully saturated rings. The first-order chi connectivity index (χ1) is 19.2. The van der Waals surface area contributed by atoms with Crippen LogP contribution in [0.15, 0.2) is 60.9 Å². The van der Waals surface area contributed by atoms with Crippen molar-refractivity contribution in [1.29, 1.82) is 0 Å². The fourth-order valence-corrected chi connectivity index (χ4v) is 6.36. The van der Waals surface area contributed by atoms with Crippen molar-refractivity contribution >= 4 is 28.3 Å². The average molecular weight is 521 g/mol. The summed E-state index contributed by atoms with van der Waals surface area (Å²) in [6.07, 6.45) is 8.94. The van der Waals surface area contributed by atoms with E-state index in [1.165, 1.54) is 0 Å². The van der Waals surface area contributed by atoms with Gasteiger partial charge in [0.15, 0.2) is 0 Å². The topological polar surface area (TPSA) is 92.3 Å². The molecule has 2 aromatic heterocycles. The standard InChI is InChI=1S/C31H32N6O2/c1-19-12-13-21-22(7-2-10-26(21)37-27-11-3-8-24(27)30(37)38)28(19)39-29-23(9-5-16-33-29)25-14-17-34-31(36-25)35-20-6-4-15-32-18-20/h2,5,7,9-10,12-14,16-17,20,24,27,32H,3-4,6,8,11,15,18H2,1H3,(H,34,35,36)/t20-,24?,27?/m0/s1. The van der Waals surface area contributed by atoms with Crippen LogP contribution in [0.1, 0.15) is 37.7 Å². The van der Waals surface area contributed by atoms with Crippen LogP contribution >= 0.6 is 0 Å². The van der Waals surface area contributed by atoms with Crippen LogP contribution in [-0.4, -0.2) is 46.0 Å². The summed E-state index contributed by atoms with van der Waals surface area (Å²) in [6, 6.07) is 16.7. The normalized spacial score (nSPS) is 22.4. The molecular weight excluding hydrogens is 488 g/mol. The van der Waals surface area contributed by atoms with Gasteiger partial charge in [-0.15, -0.1) is 0 Å². The number of hydrogen-bond acceptors (Lipinski definition) is 7. The molecule has 2 unspecified atom stereocenters. The fourth-order valence-electron chi connectivity index (χ4n) is 6.36. The van der Waals surface area contributed by atoms with Crippen LogP contribution in [0.25, 0.3) is 22.0 Å². The summed E-state index contributed by atoms with van der Waals surface area (Å²) in [4.78, 5) is 28.8. The first kappa shape index (κ1) is 24.0. The van der Waals surface area contributed by atoms with Gasteiger partial charge in [0.1, 0.15) is 5.75 Å². The van der Waals surface area contributed by atoms with Crippen LogP contribution in [0, 0.1) is 12.8 Å². The molecule has 0 radical (unpaired) electrons. The van der Waals surface area contributed by atoms with E-state index in [-0.39, 0.29) is 11.8 Å². The van der Waals surface area contributed by atoms with Crippen molar-refractivity contribution in [3.8, 4) is 22.9 Å². The molecule has 3 aliphatic rings. The number of rotatable bonds is 6. The molecule has 0 bridgehead atoms. The van der Waals surface area contributed by atoms with Gasteiger partial charge in [0.05, 0.1) is 22.9 Å². The Morgan fingerprint density at radius 3 is 2.82 bits per heavy atom. The van der Waals surface area contributed by atoms with Gasteiger partial charge in [-0.1, -0.05) is 30.7 Å². The molecule has 2 aliphatic heterocycles. The summed E-state index contributed by atoms with van der Waals surface area (Å²) in [5.74, 6) is 2.27. The second kappa shape index (κ2) is 9.93. The lowest BCUT2D eigenvalue weighted by molar-refractivity contribution is -0.128. The Kier molecular flexibility index (Phi) is 6.12. The van der Waals surface area contributed by atoms with Gasteiger partial charge in [0.2, 0.25) is 17.7 Å². The highest BCUT2D eigenvalue weighted by atomic mass is 16.5. The molecule has 8 heteroatoms. The lowest BCUT2D eigenvalue weighted by Gasteiger charge is -2.44. The van der Waals surface area contributed by atoms with Crippen LogP contribution in [0.3, 0.4) is 0 Å². The van der Waals surface area contributed by atoms with Crippen LogP contribution < -0.4 is 20.3 Å². The van der Waals surface area contributed by atoms with Crippen LogP contribution in [0.5, 0.6) is 11.6 Å². The summed E-state index contributed by atoms with van der Waals surface area (Å²) in [5, 5.41) is 8.87. The van der Waals surface area contributed by atoms with E-state index in [4.69, 9.17) is 9.72 Å². The first-order valence-electron chi connectivity index (χ1n) is 14.0. The Morgan fingerprint density at radius 2 is 1.92 bits per heavy atom. The maximum Gasteiger partial charge on any atom is 0.232 e. The highest BCUT2D eigenvalue weighted by Crippen LogP contribution is 2.46. The van der Waals surface area contributed by atoms with Gasteiger partial charge in [-0.2, -0.15) is 0 Å². The molecular formula is C31H32N6O2. The lowest BCUT2D eigenvalue weighted by Crippen LogP contribution is -2.58. The molecule has 3 atom stereocenters. The van der Waals surface area contributed by atoms with Gasteiger partial charge in [0, 0.05) is 41.8 Å². The van der Waals surface area contributed by atoms with Crippen molar-refractivity contribution < 1.29 is 9.53 Å². The van der Waals surface area contributed by atoms with Crippen LogP contribution in [0.2, 0.25) is 0 Å². The second-order valence-electron chi connectivity index (χ2n) is 10.8. The molecule has 4 aromatic rings. The van der Waals surface area contributed by atoms with Crippen LogP contribution in [0.4, 0.5) is 11.6 Å². The number of nitrogens with zero attached hydrogens (tertiary/aromatic N) is 4. The summed E-state index contributed by atoms with van der Waals surface area (Å²) < 4.78 is 6.59. The SMILES string of the molecule is Cc1ccc2c(N3C(=O)C4CCCC43)cccc2c1Oc1ncccc1-c1ccnc(N[C@H]2CCCNC2)n1. The minimum atomic E-state index is 0.194. The zero-order valence-corrected chi connectivity index (χ0v) is 22.1. The molecule has 0 spiro atoms. The number of carbonyl (C=O) groups is 1. The number of piperidine rings is 1. The number of fused-ring (bicyclic) bond motifs is 2. The number of amides is 1. The number of aromatic nitrogens is 3. The molecule has 2 saturated heterocycles. The van der Waals surface area contributed by atoms with E-state index in [1.54, 1.807) is 12.4 Å². The summed E-state index contributed by atoms with van der Waals surface area (Å²) in [5.41, 5.74) is 3.51. The molecule has 4 heterocycles. The number of nitrogens with one attached hydrogen (secondary N) is 2. The predicted molar refractivity (Wildman–Crippen MR) is 152 cm³/mol. The average Bonchev–Trinajstić information content (AvgIpc) is 3.40. The van der Waals surface area contributed by atoms with Gasteiger partial charge in [-0.25, -0.2) is 15.0 Å². The van der Waals surface area contributed by atoms with Gasteiger partial charge in [0.25, 0.3) is 0 Å². The van der Waals surface area contributed by atoms with Crippen molar-refractivity contribution in [3.05, 3.63) is 66.5 Å². The third-order valence-electron chi connectivity index (χ3n) is 8.34. The third-order valence-corrected chi connectivity index (χ3v) is 8.34. The van der Waals surface area contributed by atoms with E-state index in [0.717, 1.165) is 84.2 Å². The van der Waals surface area contributed by atoms with E-state index < -0.39 is 0 Å². The monoisotopic (exact) mass is 520 g/mol. The van der Waals surface area contributed by atoms with Crippen molar-refractivity contribution in [2.45, 2.75) is 51.1 Å². The maximum atomic E-state index is 12.9. The largest absolute Gasteiger partial charge is 0.437 e. The molecule has 2 aromatic carbocycles. The van der Waals surface area contributed by atoms with E-state index in [2.05, 4.69) is 44.9 Å². The minimum Gasteiger partial charge on any atom is -0.437 e. The van der Waals surface area contributed by atoms with E-state index in [9.17, 15) is 4.79 Å². The zero-order chi connectivity index (χ0) is 26.3. The van der Waals surface area contributed by atoms with Crippen LogP contribution in [-0.2, 0) is 4.79 Å². The van der Waals surface area contributed by atoms with Crippen molar-refractivity contribution in [2.24, 2.45) is 5.92 Å². The smallest absolute Gasteiger partial charge is 0.232 e. The Hall–Kier alpha value is -4.04. The fraction of sp³-hybridized carbons (Fsp3) is 0.355. The molecule has 1 amide bonds. The third kappa shape index (κ3) is 4.29. The van der Waals surface area contributed by atoms with Gasteiger partial charge < -0.3 is 20.3 Å². The molecule has 7 rings (SSSR count). The number of carbonyl (C=O) groups excluding carboxylic acids is 1. The summed E-state index contributed by atoms with van der Waals surface area (Å²) in [7, 11) is 0. The highest BCUT2D eigenvalue weighted by molar-refractivity contribution is 6.10. The number of pyridine rings is 1. The Balaban J connectivity index is 1.23. The maximum absolute atomic E-state index is 12.9. The van der Waals surface area contributed by atoms with E-state index in [1.807, 2.05) is 36.1 Å². The molecule has 8 nitrogen and oxygen atoms in total. The first-order valence-corrected chi connectivity index (χ1v) is 14.0. The van der Waals surface area contributed by atoms with Crippen molar-refractivity contribution in [2.75, 3.05) is 23.3 Å². The number of ether oxygens (including phenoxy) is 1.